The van der Waals surface area contributed by atoms with Crippen LogP contribution in [0.25, 0.3) is 0 Å². The monoisotopic (exact) mass is 272 g/mol. The van der Waals surface area contributed by atoms with E-state index < -0.39 is 0 Å². The third-order valence-corrected chi connectivity index (χ3v) is 3.02. The zero-order chi connectivity index (χ0) is 14.5. The van der Waals surface area contributed by atoms with Crippen LogP contribution in [0.3, 0.4) is 0 Å². The lowest BCUT2D eigenvalue weighted by Crippen LogP contribution is -2.10. The van der Waals surface area contributed by atoms with Gasteiger partial charge in [-0.3, -0.25) is 0 Å². The van der Waals surface area contributed by atoms with Crippen molar-refractivity contribution in [2.45, 2.75) is 13.8 Å². The minimum atomic E-state index is 0.457. The summed E-state index contributed by atoms with van der Waals surface area (Å²) in [6.45, 7) is 4.88. The summed E-state index contributed by atoms with van der Waals surface area (Å²) in [4.78, 5) is 0. The number of hydrogen-bond donors (Lipinski definition) is 2. The first-order valence-electron chi connectivity index (χ1n) is 6.54. The lowest BCUT2D eigenvalue weighted by Gasteiger charge is -2.12. The van der Waals surface area contributed by atoms with E-state index in [-0.39, 0.29) is 0 Å². The Hall–Kier alpha value is -2.36. The quantitative estimate of drug-likeness (QED) is 0.648. The van der Waals surface area contributed by atoms with E-state index in [4.69, 9.17) is 20.9 Å². The van der Waals surface area contributed by atoms with Crippen molar-refractivity contribution in [2.24, 2.45) is 0 Å². The van der Waals surface area contributed by atoms with Gasteiger partial charge in [0.25, 0.3) is 0 Å². The summed E-state index contributed by atoms with van der Waals surface area (Å²) in [6.07, 6.45) is 0. The topological polar surface area (TPSA) is 70.5 Å². The fourth-order valence-electron chi connectivity index (χ4n) is 1.85. The van der Waals surface area contributed by atoms with E-state index in [9.17, 15) is 0 Å². The van der Waals surface area contributed by atoms with E-state index in [1.165, 1.54) is 0 Å². The summed E-state index contributed by atoms with van der Waals surface area (Å²) in [5.41, 5.74) is 15.0. The van der Waals surface area contributed by atoms with Crippen LogP contribution in [0.5, 0.6) is 11.5 Å². The van der Waals surface area contributed by atoms with Crippen molar-refractivity contribution in [1.29, 1.82) is 0 Å². The highest BCUT2D eigenvalue weighted by Crippen LogP contribution is 2.22. The molecule has 0 atom stereocenters. The van der Waals surface area contributed by atoms with Gasteiger partial charge in [0.1, 0.15) is 24.7 Å². The van der Waals surface area contributed by atoms with Gasteiger partial charge >= 0.3 is 0 Å². The van der Waals surface area contributed by atoms with Gasteiger partial charge in [0, 0.05) is 23.5 Å². The van der Waals surface area contributed by atoms with Gasteiger partial charge in [-0.2, -0.15) is 0 Å². The lowest BCUT2D eigenvalue weighted by molar-refractivity contribution is 0.215. The summed E-state index contributed by atoms with van der Waals surface area (Å²) in [5.74, 6) is 1.58. The first kappa shape index (κ1) is 14.1. The third-order valence-electron chi connectivity index (χ3n) is 3.02. The van der Waals surface area contributed by atoms with E-state index in [0.29, 0.717) is 24.6 Å². The first-order valence-corrected chi connectivity index (χ1v) is 6.54. The van der Waals surface area contributed by atoms with Gasteiger partial charge in [-0.05, 0) is 37.1 Å². The molecule has 0 unspecified atom stereocenters. The summed E-state index contributed by atoms with van der Waals surface area (Å²) in [6, 6.07) is 11.2. The zero-order valence-electron chi connectivity index (χ0n) is 11.8. The van der Waals surface area contributed by atoms with Gasteiger partial charge in [-0.15, -0.1) is 0 Å². The lowest BCUT2D eigenvalue weighted by atomic mass is 10.2. The number of nitrogen functional groups attached to an aromatic ring is 2. The second-order valence-electron chi connectivity index (χ2n) is 4.75. The largest absolute Gasteiger partial charge is 0.490 e. The predicted octanol–water partition coefficient (Wildman–Crippen LogP) is 2.93. The van der Waals surface area contributed by atoms with Crippen LogP contribution in [0.4, 0.5) is 11.4 Å². The minimum Gasteiger partial charge on any atom is -0.490 e. The van der Waals surface area contributed by atoms with Crippen LogP contribution >= 0.6 is 0 Å². The molecule has 0 saturated heterocycles. The van der Waals surface area contributed by atoms with E-state index in [1.54, 1.807) is 0 Å². The highest BCUT2D eigenvalue weighted by Gasteiger charge is 2.02. The molecule has 2 rings (SSSR count). The van der Waals surface area contributed by atoms with Gasteiger partial charge in [0.15, 0.2) is 0 Å². The van der Waals surface area contributed by atoms with Crippen molar-refractivity contribution in [3.8, 4) is 11.5 Å². The fraction of sp³-hybridized carbons (Fsp3) is 0.250. The predicted molar refractivity (Wildman–Crippen MR) is 82.2 cm³/mol. The van der Waals surface area contributed by atoms with Gasteiger partial charge < -0.3 is 20.9 Å². The maximum absolute atomic E-state index is 5.73. The SMILES string of the molecule is Cc1ccc(N)cc1OCCOc1cc(N)ccc1C. The number of rotatable bonds is 5. The molecule has 2 aromatic rings. The summed E-state index contributed by atoms with van der Waals surface area (Å²) < 4.78 is 11.3. The maximum atomic E-state index is 5.73. The maximum Gasteiger partial charge on any atom is 0.124 e. The third kappa shape index (κ3) is 3.57. The van der Waals surface area contributed by atoms with Crippen LogP contribution in [-0.4, -0.2) is 13.2 Å². The highest BCUT2D eigenvalue weighted by atomic mass is 16.5. The van der Waals surface area contributed by atoms with Crippen LogP contribution in [0, 0.1) is 13.8 Å². The normalized spacial score (nSPS) is 10.3. The minimum absolute atomic E-state index is 0.457. The van der Waals surface area contributed by atoms with Crippen molar-refractivity contribution in [3.63, 3.8) is 0 Å². The van der Waals surface area contributed by atoms with Crippen LogP contribution < -0.4 is 20.9 Å². The van der Waals surface area contributed by atoms with E-state index in [1.807, 2.05) is 50.2 Å². The fourth-order valence-corrected chi connectivity index (χ4v) is 1.85. The van der Waals surface area contributed by atoms with Crippen LogP contribution in [0.2, 0.25) is 0 Å². The molecule has 0 aliphatic carbocycles. The molecule has 0 amide bonds. The van der Waals surface area contributed by atoms with Gasteiger partial charge in [0.05, 0.1) is 0 Å². The average molecular weight is 272 g/mol. The Kier molecular flexibility index (Phi) is 4.35. The van der Waals surface area contributed by atoms with Crippen molar-refractivity contribution < 1.29 is 9.47 Å². The number of benzene rings is 2. The van der Waals surface area contributed by atoms with Gasteiger partial charge in [-0.25, -0.2) is 0 Å². The second-order valence-corrected chi connectivity index (χ2v) is 4.75. The Morgan fingerprint density at radius 2 is 1.15 bits per heavy atom. The molecule has 0 saturated carbocycles. The molecule has 0 aromatic heterocycles. The van der Waals surface area contributed by atoms with Crippen LogP contribution in [0.15, 0.2) is 36.4 Å². The molecule has 0 aliphatic rings. The molecule has 2 aromatic carbocycles. The van der Waals surface area contributed by atoms with Gasteiger partial charge in [-0.1, -0.05) is 12.1 Å². The molecule has 4 N–H and O–H groups in total. The first-order chi connectivity index (χ1) is 9.56. The molecular weight excluding hydrogens is 252 g/mol. The molecule has 106 valence electrons. The van der Waals surface area contributed by atoms with Crippen molar-refractivity contribution >= 4 is 11.4 Å². The molecule has 0 spiro atoms. The average Bonchev–Trinajstić information content (AvgIpc) is 2.42. The molecule has 0 radical (unpaired) electrons. The highest BCUT2D eigenvalue weighted by molar-refractivity contribution is 5.48. The zero-order valence-corrected chi connectivity index (χ0v) is 11.8. The standard InChI is InChI=1S/C16H20N2O2/c1-11-3-5-13(17)9-15(11)19-7-8-20-16-10-14(18)6-4-12(16)2/h3-6,9-10H,7-8,17-18H2,1-2H3. The molecule has 0 fully saturated rings. The van der Waals surface area contributed by atoms with Gasteiger partial charge in [0.2, 0.25) is 0 Å². The van der Waals surface area contributed by atoms with Crippen molar-refractivity contribution in [1.82, 2.24) is 0 Å². The Morgan fingerprint density at radius 1 is 0.750 bits per heavy atom. The Labute approximate surface area is 119 Å². The molecule has 0 heterocycles. The second kappa shape index (κ2) is 6.19. The van der Waals surface area contributed by atoms with Crippen LogP contribution in [0.1, 0.15) is 11.1 Å². The summed E-state index contributed by atoms with van der Waals surface area (Å²) in [5, 5.41) is 0. The molecule has 4 heteroatoms. The number of anilines is 2. The Morgan fingerprint density at radius 3 is 1.55 bits per heavy atom. The number of aryl methyl sites for hydroxylation is 2. The molecule has 20 heavy (non-hydrogen) atoms. The summed E-state index contributed by atoms with van der Waals surface area (Å²) in [7, 11) is 0. The number of hydrogen-bond acceptors (Lipinski definition) is 4. The van der Waals surface area contributed by atoms with Crippen LogP contribution in [-0.2, 0) is 0 Å². The van der Waals surface area contributed by atoms with E-state index in [2.05, 4.69) is 0 Å². The number of ether oxygens (including phenoxy) is 2. The Bertz CT molecular complexity index is 544. The molecule has 0 bridgehead atoms. The molecule has 4 nitrogen and oxygen atoms in total. The van der Waals surface area contributed by atoms with Crippen molar-refractivity contribution in [3.05, 3.63) is 47.5 Å². The van der Waals surface area contributed by atoms with E-state index in [0.717, 1.165) is 22.6 Å². The Balaban J connectivity index is 1.87. The number of nitrogens with two attached hydrogens (primary N) is 2. The van der Waals surface area contributed by atoms with Crippen molar-refractivity contribution in [2.75, 3.05) is 24.7 Å². The molecular formula is C16H20N2O2. The smallest absolute Gasteiger partial charge is 0.124 e. The summed E-state index contributed by atoms with van der Waals surface area (Å²) >= 11 is 0. The molecule has 0 aliphatic heterocycles. The van der Waals surface area contributed by atoms with E-state index >= 15 is 0 Å².